The van der Waals surface area contributed by atoms with Gasteiger partial charge in [0.15, 0.2) is 0 Å². The van der Waals surface area contributed by atoms with Gasteiger partial charge in [0.1, 0.15) is 17.7 Å². The predicted molar refractivity (Wildman–Crippen MR) is 180 cm³/mol. The van der Waals surface area contributed by atoms with Gasteiger partial charge in [-0.05, 0) is 62.1 Å². The number of benzene rings is 1. The molecule has 2 fully saturated rings. The van der Waals surface area contributed by atoms with Crippen molar-refractivity contribution in [1.82, 2.24) is 30.6 Å². The topological polar surface area (TPSA) is 210 Å². The molecule has 0 spiro atoms. The number of anilines is 2. The van der Waals surface area contributed by atoms with E-state index in [9.17, 15) is 36.0 Å². The van der Waals surface area contributed by atoms with E-state index in [4.69, 9.17) is 10.4 Å². The molecule has 0 radical (unpaired) electrons. The van der Waals surface area contributed by atoms with E-state index in [0.717, 1.165) is 5.56 Å². The van der Waals surface area contributed by atoms with Gasteiger partial charge < -0.3 is 30.9 Å². The molecule has 3 amide bonds. The predicted octanol–water partition coefficient (Wildman–Crippen LogP) is 1.99. The van der Waals surface area contributed by atoms with E-state index in [1.807, 2.05) is 0 Å². The van der Waals surface area contributed by atoms with Crippen molar-refractivity contribution in [3.05, 3.63) is 47.3 Å². The number of sulfonamides is 1. The average Bonchev–Trinajstić information content (AvgIpc) is 3.58. The van der Waals surface area contributed by atoms with Gasteiger partial charge >= 0.3 is 18.2 Å². The van der Waals surface area contributed by atoms with Crippen LogP contribution >= 0.6 is 0 Å². The monoisotopic (exact) mass is 737 g/mol. The van der Waals surface area contributed by atoms with Crippen LogP contribution < -0.4 is 30.5 Å². The number of hydrogen-bond donors (Lipinski definition) is 5. The number of urea groups is 1. The van der Waals surface area contributed by atoms with Crippen molar-refractivity contribution in [2.75, 3.05) is 61.4 Å². The average molecular weight is 738 g/mol. The molecule has 0 unspecified atom stereocenters. The Morgan fingerprint density at radius 2 is 1.63 bits per heavy atom. The van der Waals surface area contributed by atoms with E-state index in [0.29, 0.717) is 70.3 Å². The first kappa shape index (κ1) is 39.1. The van der Waals surface area contributed by atoms with Gasteiger partial charge in [0.05, 0.1) is 23.8 Å². The maximum absolute atomic E-state index is 14.0. The molecule has 15 nitrogen and oxygen atoms in total. The molecule has 0 bridgehead atoms. The van der Waals surface area contributed by atoms with Crippen LogP contribution in [0.5, 0.6) is 0 Å². The molecule has 1 aromatic heterocycles. The number of aromatic nitrogens is 2. The number of carbonyl (C=O) groups excluding carboxylic acids is 2. The van der Waals surface area contributed by atoms with Gasteiger partial charge in [-0.15, -0.1) is 0 Å². The zero-order valence-electron chi connectivity index (χ0n) is 27.9. The minimum atomic E-state index is -4.81. The van der Waals surface area contributed by atoms with Crippen molar-refractivity contribution < 1.29 is 41.1 Å². The van der Waals surface area contributed by atoms with Crippen LogP contribution in [0.2, 0.25) is 0 Å². The van der Waals surface area contributed by atoms with Crippen molar-refractivity contribution in [1.29, 1.82) is 5.26 Å². The van der Waals surface area contributed by atoms with Crippen molar-refractivity contribution in [2.24, 2.45) is 5.92 Å². The van der Waals surface area contributed by atoms with Crippen LogP contribution in [0.1, 0.15) is 55.5 Å². The summed E-state index contributed by atoms with van der Waals surface area (Å²) < 4.78 is 69.1. The van der Waals surface area contributed by atoms with Gasteiger partial charge in [0, 0.05) is 51.9 Å². The quantitative estimate of drug-likeness (QED) is 0.168. The number of carboxylic acid groups (broad SMARTS) is 1. The SMILES string of the molecule is N#Cc1ccc(CCNC(=O)[C@@H]2CCCN2c2cc(N3CCC(CCNS(=O)(=O)CCNC(=O)NCCC(=O)O)CC3)nc(C(F)(F)F)n2)cc1. The van der Waals surface area contributed by atoms with Crippen LogP contribution in [0.3, 0.4) is 0 Å². The first-order valence-corrected chi connectivity index (χ1v) is 18.3. The standard InChI is InChI=1S/C32H42F3N9O6S/c33-32(34,35)30-41-26(20-27(42-30)44-16-1-2-25(44)29(47)37-12-7-22-3-5-24(21-36)6-4-22)43-17-10-23(11-18-43)8-14-40-51(49,50)19-15-39-31(48)38-13-9-28(45)46/h3-6,20,23,25,40H,1-2,7-19H2,(H,37,47)(H,45,46)(H2,38,39,48)/t25-/m0/s1. The maximum Gasteiger partial charge on any atom is 0.451 e. The number of carbonyl (C=O) groups is 3. The number of nitrogens with zero attached hydrogens (tertiary/aromatic N) is 5. The molecule has 1 aromatic carbocycles. The molecular formula is C32H42F3N9O6S. The molecule has 19 heteroatoms. The van der Waals surface area contributed by atoms with E-state index in [1.165, 1.54) is 6.07 Å². The van der Waals surface area contributed by atoms with E-state index < -0.39 is 40.1 Å². The van der Waals surface area contributed by atoms with Gasteiger partial charge in [0.2, 0.25) is 21.8 Å². The largest absolute Gasteiger partial charge is 0.481 e. The molecule has 2 aliphatic heterocycles. The lowest BCUT2D eigenvalue weighted by Gasteiger charge is -2.34. The fraction of sp³-hybridized carbons (Fsp3) is 0.562. The number of rotatable bonds is 16. The lowest BCUT2D eigenvalue weighted by atomic mass is 9.94. The number of nitrogens with one attached hydrogen (secondary N) is 4. The highest BCUT2D eigenvalue weighted by Gasteiger charge is 2.39. The van der Waals surface area contributed by atoms with Crippen molar-refractivity contribution in [3.8, 4) is 6.07 Å². The fourth-order valence-electron chi connectivity index (χ4n) is 5.95. The highest BCUT2D eigenvalue weighted by Crippen LogP contribution is 2.34. The Hall–Kier alpha value is -4.70. The van der Waals surface area contributed by atoms with E-state index >= 15 is 0 Å². The number of hydrogen-bond acceptors (Lipinski definition) is 10. The second-order valence-corrected chi connectivity index (χ2v) is 14.3. The van der Waals surface area contributed by atoms with Crippen LogP contribution in [0.25, 0.3) is 0 Å². The fourth-order valence-corrected chi connectivity index (χ4v) is 6.90. The Morgan fingerprint density at radius 3 is 2.29 bits per heavy atom. The van der Waals surface area contributed by atoms with Gasteiger partial charge in [-0.2, -0.15) is 18.4 Å². The van der Waals surface area contributed by atoms with Crippen molar-refractivity contribution in [2.45, 2.75) is 57.2 Å². The molecule has 3 heterocycles. The Balaban J connectivity index is 1.28. The summed E-state index contributed by atoms with van der Waals surface area (Å²) in [5.41, 5.74) is 1.46. The van der Waals surface area contributed by atoms with Crippen LogP contribution in [0.15, 0.2) is 30.3 Å². The molecule has 1 atom stereocenters. The van der Waals surface area contributed by atoms with Gasteiger partial charge in [-0.25, -0.2) is 27.9 Å². The highest BCUT2D eigenvalue weighted by molar-refractivity contribution is 7.89. The van der Waals surface area contributed by atoms with Crippen LogP contribution in [-0.2, 0) is 32.2 Å². The van der Waals surface area contributed by atoms with Crippen LogP contribution in [0, 0.1) is 17.2 Å². The Labute approximate surface area is 294 Å². The summed E-state index contributed by atoms with van der Waals surface area (Å²) in [5, 5.41) is 25.1. The first-order valence-electron chi connectivity index (χ1n) is 16.7. The number of alkyl halides is 3. The van der Waals surface area contributed by atoms with E-state index in [1.54, 1.807) is 34.1 Å². The maximum atomic E-state index is 14.0. The zero-order valence-corrected chi connectivity index (χ0v) is 28.7. The molecule has 0 aliphatic carbocycles. The summed E-state index contributed by atoms with van der Waals surface area (Å²) >= 11 is 0. The molecule has 278 valence electrons. The number of aliphatic carboxylic acids is 1. The van der Waals surface area contributed by atoms with Gasteiger partial charge in [-0.3, -0.25) is 9.59 Å². The lowest BCUT2D eigenvalue weighted by molar-refractivity contribution is -0.144. The number of piperidine rings is 1. The van der Waals surface area contributed by atoms with Crippen molar-refractivity contribution >= 4 is 39.6 Å². The minimum absolute atomic E-state index is 0.0285. The molecule has 2 saturated heterocycles. The van der Waals surface area contributed by atoms with Crippen LogP contribution in [0.4, 0.5) is 29.6 Å². The summed E-state index contributed by atoms with van der Waals surface area (Å²) in [5.74, 6) is -2.78. The molecule has 51 heavy (non-hydrogen) atoms. The first-order chi connectivity index (χ1) is 24.2. The normalized spacial score (nSPS) is 16.8. The van der Waals surface area contributed by atoms with E-state index in [2.05, 4.69) is 36.7 Å². The Bertz CT molecular complexity index is 1660. The summed E-state index contributed by atoms with van der Waals surface area (Å²) in [4.78, 5) is 46.3. The number of amides is 3. The summed E-state index contributed by atoms with van der Waals surface area (Å²) in [7, 11) is -3.69. The number of nitriles is 1. The van der Waals surface area contributed by atoms with Gasteiger partial charge in [0.25, 0.3) is 0 Å². The number of carboxylic acids is 1. The highest BCUT2D eigenvalue weighted by atomic mass is 32.2. The molecule has 2 aliphatic rings. The Morgan fingerprint density at radius 1 is 0.941 bits per heavy atom. The smallest absolute Gasteiger partial charge is 0.451 e. The second-order valence-electron chi connectivity index (χ2n) is 12.4. The van der Waals surface area contributed by atoms with E-state index in [-0.39, 0.29) is 55.3 Å². The molecule has 0 saturated carbocycles. The third-order valence-corrected chi connectivity index (χ3v) is 10.1. The zero-order chi connectivity index (χ0) is 37.0. The summed E-state index contributed by atoms with van der Waals surface area (Å²) in [6, 6.07) is 9.17. The minimum Gasteiger partial charge on any atom is -0.481 e. The molecule has 5 N–H and O–H groups in total. The molecule has 2 aromatic rings. The molecular weight excluding hydrogens is 695 g/mol. The summed E-state index contributed by atoms with van der Waals surface area (Å²) in [6.45, 7) is 1.36. The summed E-state index contributed by atoms with van der Waals surface area (Å²) in [6.07, 6.45) is -1.79. The third-order valence-electron chi connectivity index (χ3n) is 8.69. The van der Waals surface area contributed by atoms with Crippen LogP contribution in [-0.4, -0.2) is 99.0 Å². The van der Waals surface area contributed by atoms with Crippen molar-refractivity contribution in [3.63, 3.8) is 0 Å². The van der Waals surface area contributed by atoms with Gasteiger partial charge in [-0.1, -0.05) is 12.1 Å². The lowest BCUT2D eigenvalue weighted by Crippen LogP contribution is -2.44. The molecule has 4 rings (SSSR count). The Kier molecular flexibility index (Phi) is 13.8. The number of halogens is 3. The third kappa shape index (κ3) is 12.2. The second kappa shape index (κ2) is 18.0.